The highest BCUT2D eigenvalue weighted by Crippen LogP contribution is 2.01. The molecule has 2 aromatic rings. The van der Waals surface area contributed by atoms with E-state index < -0.39 is 0 Å². The molecule has 18 heavy (non-hydrogen) atoms. The van der Waals surface area contributed by atoms with E-state index in [1.165, 1.54) is 5.56 Å². The first-order valence-corrected chi connectivity index (χ1v) is 6.36. The molecule has 0 aliphatic carbocycles. The molecule has 0 radical (unpaired) electrons. The lowest BCUT2D eigenvalue weighted by atomic mass is 10.3. The van der Waals surface area contributed by atoms with Crippen LogP contribution in [-0.4, -0.2) is 25.4 Å². The minimum atomic E-state index is 0.501. The van der Waals surface area contributed by atoms with E-state index in [1.54, 1.807) is 0 Å². The summed E-state index contributed by atoms with van der Waals surface area (Å²) in [5.74, 6) is 1.09. The molecule has 0 bridgehead atoms. The van der Waals surface area contributed by atoms with E-state index in [-0.39, 0.29) is 0 Å². The molecule has 0 aromatic carbocycles. The first-order valence-electron chi connectivity index (χ1n) is 6.36. The zero-order valence-corrected chi connectivity index (χ0v) is 11.3. The van der Waals surface area contributed by atoms with Gasteiger partial charge in [-0.2, -0.15) is 5.10 Å². The standard InChI is InChI=1S/C13H21N5/c1-11(2)15-8-12-9-16-18(10-12)6-4-13-14-5-7-17(13)3/h5,7,9-11,15H,4,6,8H2,1-3H3. The zero-order chi connectivity index (χ0) is 13.0. The number of aryl methyl sites for hydroxylation is 3. The molecule has 0 atom stereocenters. The molecule has 1 N–H and O–H groups in total. The topological polar surface area (TPSA) is 47.7 Å². The second kappa shape index (κ2) is 5.82. The monoisotopic (exact) mass is 247 g/mol. The van der Waals surface area contributed by atoms with Gasteiger partial charge in [0.15, 0.2) is 0 Å². The van der Waals surface area contributed by atoms with Gasteiger partial charge in [-0.05, 0) is 0 Å². The van der Waals surface area contributed by atoms with Gasteiger partial charge < -0.3 is 9.88 Å². The smallest absolute Gasteiger partial charge is 0.110 e. The van der Waals surface area contributed by atoms with Crippen molar-refractivity contribution in [1.82, 2.24) is 24.6 Å². The average Bonchev–Trinajstić information content (AvgIpc) is 2.93. The number of aromatic nitrogens is 4. The maximum Gasteiger partial charge on any atom is 0.110 e. The summed E-state index contributed by atoms with van der Waals surface area (Å²) < 4.78 is 4.02. The first kappa shape index (κ1) is 12.8. The van der Waals surface area contributed by atoms with E-state index in [0.717, 1.165) is 25.3 Å². The van der Waals surface area contributed by atoms with Crippen molar-refractivity contribution in [3.63, 3.8) is 0 Å². The van der Waals surface area contributed by atoms with Crippen LogP contribution in [0.5, 0.6) is 0 Å². The van der Waals surface area contributed by atoms with Crippen LogP contribution in [0, 0.1) is 0 Å². The van der Waals surface area contributed by atoms with Crippen molar-refractivity contribution >= 4 is 0 Å². The van der Waals surface area contributed by atoms with Gasteiger partial charge in [-0.3, -0.25) is 4.68 Å². The second-order valence-electron chi connectivity index (χ2n) is 4.85. The maximum absolute atomic E-state index is 4.36. The zero-order valence-electron chi connectivity index (χ0n) is 11.3. The predicted octanol–water partition coefficient (Wildman–Crippen LogP) is 1.36. The van der Waals surface area contributed by atoms with Crippen LogP contribution in [0.2, 0.25) is 0 Å². The second-order valence-corrected chi connectivity index (χ2v) is 4.85. The Hall–Kier alpha value is -1.62. The van der Waals surface area contributed by atoms with Gasteiger partial charge in [0.25, 0.3) is 0 Å². The minimum absolute atomic E-state index is 0.501. The van der Waals surface area contributed by atoms with Crippen LogP contribution >= 0.6 is 0 Å². The summed E-state index contributed by atoms with van der Waals surface area (Å²) in [5, 5.41) is 7.75. The van der Waals surface area contributed by atoms with Crippen molar-refractivity contribution in [2.75, 3.05) is 0 Å². The first-order chi connectivity index (χ1) is 8.65. The van der Waals surface area contributed by atoms with Crippen LogP contribution in [0.1, 0.15) is 25.2 Å². The van der Waals surface area contributed by atoms with Gasteiger partial charge in [-0.1, -0.05) is 13.8 Å². The number of hydrogen-bond donors (Lipinski definition) is 1. The molecule has 0 aliphatic heterocycles. The highest BCUT2D eigenvalue weighted by molar-refractivity contribution is 5.03. The van der Waals surface area contributed by atoms with E-state index in [4.69, 9.17) is 0 Å². The summed E-state index contributed by atoms with van der Waals surface area (Å²) in [4.78, 5) is 4.31. The van der Waals surface area contributed by atoms with Crippen LogP contribution in [0.4, 0.5) is 0 Å². The highest BCUT2D eigenvalue weighted by atomic mass is 15.3. The molecule has 2 aromatic heterocycles. The Morgan fingerprint density at radius 3 is 2.89 bits per heavy atom. The maximum atomic E-state index is 4.36. The van der Waals surface area contributed by atoms with E-state index in [2.05, 4.69) is 35.4 Å². The fourth-order valence-electron chi connectivity index (χ4n) is 1.79. The number of nitrogens with zero attached hydrogens (tertiary/aromatic N) is 4. The van der Waals surface area contributed by atoms with Crippen LogP contribution in [0.25, 0.3) is 0 Å². The van der Waals surface area contributed by atoms with E-state index in [9.17, 15) is 0 Å². The quantitative estimate of drug-likeness (QED) is 0.838. The number of hydrogen-bond acceptors (Lipinski definition) is 3. The molecular formula is C13H21N5. The third-order valence-corrected chi connectivity index (χ3v) is 2.89. The average molecular weight is 247 g/mol. The number of imidazole rings is 1. The van der Waals surface area contributed by atoms with Gasteiger partial charge in [0.05, 0.1) is 6.20 Å². The van der Waals surface area contributed by atoms with E-state index in [0.29, 0.717) is 6.04 Å². The van der Waals surface area contributed by atoms with Crippen molar-refractivity contribution in [2.45, 2.75) is 39.4 Å². The lowest BCUT2D eigenvalue weighted by Gasteiger charge is -2.05. The molecule has 5 nitrogen and oxygen atoms in total. The molecule has 0 aliphatic rings. The number of rotatable bonds is 6. The molecule has 0 unspecified atom stereocenters. The van der Waals surface area contributed by atoms with Crippen molar-refractivity contribution in [1.29, 1.82) is 0 Å². The molecule has 2 heterocycles. The Kier molecular flexibility index (Phi) is 4.15. The predicted molar refractivity (Wildman–Crippen MR) is 71.1 cm³/mol. The third kappa shape index (κ3) is 3.43. The molecule has 0 spiro atoms. The lowest BCUT2D eigenvalue weighted by molar-refractivity contribution is 0.580. The molecule has 0 fully saturated rings. The van der Waals surface area contributed by atoms with Crippen LogP contribution < -0.4 is 5.32 Å². The Labute approximate surface area is 108 Å². The van der Waals surface area contributed by atoms with Gasteiger partial charge >= 0.3 is 0 Å². The van der Waals surface area contributed by atoms with Gasteiger partial charge in [0, 0.05) is 56.8 Å². The summed E-state index contributed by atoms with van der Waals surface area (Å²) >= 11 is 0. The molecule has 98 valence electrons. The largest absolute Gasteiger partial charge is 0.338 e. The SMILES string of the molecule is CC(C)NCc1cnn(CCc2nccn2C)c1. The van der Waals surface area contributed by atoms with Crippen LogP contribution in [0.15, 0.2) is 24.8 Å². The summed E-state index contributed by atoms with van der Waals surface area (Å²) in [7, 11) is 2.02. The van der Waals surface area contributed by atoms with Crippen molar-refractivity contribution < 1.29 is 0 Å². The van der Waals surface area contributed by atoms with Gasteiger partial charge in [0.2, 0.25) is 0 Å². The summed E-state index contributed by atoms with van der Waals surface area (Å²) in [6.07, 6.45) is 8.72. The highest BCUT2D eigenvalue weighted by Gasteiger charge is 2.02. The molecular weight excluding hydrogens is 226 g/mol. The van der Waals surface area contributed by atoms with E-state index >= 15 is 0 Å². The van der Waals surface area contributed by atoms with Gasteiger partial charge in [-0.25, -0.2) is 4.98 Å². The van der Waals surface area contributed by atoms with Crippen LogP contribution in [0.3, 0.4) is 0 Å². The normalized spacial score (nSPS) is 11.3. The summed E-state index contributed by atoms with van der Waals surface area (Å²) in [5.41, 5.74) is 1.23. The molecule has 0 amide bonds. The molecule has 2 rings (SSSR count). The van der Waals surface area contributed by atoms with Crippen LogP contribution in [-0.2, 0) is 26.6 Å². The fraction of sp³-hybridized carbons (Fsp3) is 0.538. The Morgan fingerprint density at radius 2 is 2.22 bits per heavy atom. The fourth-order valence-corrected chi connectivity index (χ4v) is 1.79. The summed E-state index contributed by atoms with van der Waals surface area (Å²) in [6.45, 7) is 6.03. The summed E-state index contributed by atoms with van der Waals surface area (Å²) in [6, 6.07) is 0.501. The minimum Gasteiger partial charge on any atom is -0.338 e. The van der Waals surface area contributed by atoms with Gasteiger partial charge in [-0.15, -0.1) is 0 Å². The Bertz CT molecular complexity index is 483. The van der Waals surface area contributed by atoms with E-state index in [1.807, 2.05) is 34.9 Å². The molecule has 0 saturated carbocycles. The van der Waals surface area contributed by atoms with Crippen molar-refractivity contribution in [3.8, 4) is 0 Å². The Balaban J connectivity index is 1.85. The van der Waals surface area contributed by atoms with Gasteiger partial charge in [0.1, 0.15) is 5.82 Å². The van der Waals surface area contributed by atoms with Crippen molar-refractivity contribution in [3.05, 3.63) is 36.2 Å². The lowest BCUT2D eigenvalue weighted by Crippen LogP contribution is -2.21. The molecule has 5 heteroatoms. The molecule has 0 saturated heterocycles. The van der Waals surface area contributed by atoms with Crippen molar-refractivity contribution in [2.24, 2.45) is 7.05 Å². The third-order valence-electron chi connectivity index (χ3n) is 2.89. The number of nitrogens with one attached hydrogen (secondary N) is 1. The Morgan fingerprint density at radius 1 is 1.39 bits per heavy atom.